The van der Waals surface area contributed by atoms with E-state index in [9.17, 15) is 10.1 Å². The Kier molecular flexibility index (Phi) is 4.26. The molecule has 5 aromatic rings. The van der Waals surface area contributed by atoms with Gasteiger partial charge in [0.1, 0.15) is 18.0 Å². The monoisotopic (exact) mass is 416 g/mol. The zero-order valence-corrected chi connectivity index (χ0v) is 16.1. The molecule has 2 N–H and O–H groups in total. The second kappa shape index (κ2) is 7.09. The number of hydrogen-bond acceptors (Lipinski definition) is 6. The smallest absolute Gasteiger partial charge is 0.271 e. The zero-order valence-electron chi connectivity index (χ0n) is 15.3. The molecule has 0 saturated carbocycles. The highest BCUT2D eigenvalue weighted by molar-refractivity contribution is 6.33. The van der Waals surface area contributed by atoms with Crippen molar-refractivity contribution in [2.24, 2.45) is 0 Å². The molecule has 0 saturated heterocycles. The number of nitro groups is 1. The van der Waals surface area contributed by atoms with E-state index in [-0.39, 0.29) is 5.69 Å². The van der Waals surface area contributed by atoms with Crippen molar-refractivity contribution in [3.8, 4) is 11.4 Å². The highest BCUT2D eigenvalue weighted by Crippen LogP contribution is 2.32. The van der Waals surface area contributed by atoms with E-state index in [1.807, 2.05) is 36.4 Å². The van der Waals surface area contributed by atoms with Gasteiger partial charge < -0.3 is 10.3 Å². The lowest BCUT2D eigenvalue weighted by molar-refractivity contribution is -0.384. The number of H-pyrrole nitrogens is 1. The largest absolute Gasteiger partial charge is 0.340 e. The van der Waals surface area contributed by atoms with Crippen molar-refractivity contribution in [2.75, 3.05) is 5.32 Å². The molecule has 0 atom stereocenters. The number of halogens is 1. The number of aromatic nitrogens is 4. The summed E-state index contributed by atoms with van der Waals surface area (Å²) < 4.78 is 0. The maximum Gasteiger partial charge on any atom is 0.271 e. The number of rotatable bonds is 4. The van der Waals surface area contributed by atoms with Crippen LogP contribution in [0.25, 0.3) is 33.3 Å². The molecule has 0 radical (unpaired) electrons. The summed E-state index contributed by atoms with van der Waals surface area (Å²) in [5, 5.41) is 15.5. The fourth-order valence-corrected chi connectivity index (χ4v) is 3.47. The number of benzene rings is 3. The van der Waals surface area contributed by atoms with Crippen molar-refractivity contribution in [1.29, 1.82) is 0 Å². The fourth-order valence-electron chi connectivity index (χ4n) is 3.26. The summed E-state index contributed by atoms with van der Waals surface area (Å²) in [6.45, 7) is 0. The van der Waals surface area contributed by atoms with E-state index < -0.39 is 4.92 Å². The van der Waals surface area contributed by atoms with Gasteiger partial charge in [0.25, 0.3) is 5.69 Å². The van der Waals surface area contributed by atoms with Crippen molar-refractivity contribution >= 4 is 50.7 Å². The first-order valence-corrected chi connectivity index (χ1v) is 9.37. The van der Waals surface area contributed by atoms with E-state index in [4.69, 9.17) is 11.6 Å². The molecule has 0 unspecified atom stereocenters. The number of para-hydroxylation sites is 2. The van der Waals surface area contributed by atoms with Crippen LogP contribution in [0, 0.1) is 10.1 Å². The van der Waals surface area contributed by atoms with E-state index in [1.54, 1.807) is 12.1 Å². The molecule has 8 nitrogen and oxygen atoms in total. The predicted octanol–water partition coefficient (Wildman–Crippen LogP) is 5.48. The molecule has 2 heterocycles. The highest BCUT2D eigenvalue weighted by atomic mass is 35.5. The van der Waals surface area contributed by atoms with Gasteiger partial charge in [-0.15, -0.1) is 0 Å². The first-order chi connectivity index (χ1) is 14.6. The molecular formula is C21H13ClN6O2. The number of nitrogens with one attached hydrogen (secondary N) is 2. The van der Waals surface area contributed by atoms with E-state index in [0.717, 1.165) is 22.3 Å². The fraction of sp³-hybridized carbons (Fsp3) is 0. The van der Waals surface area contributed by atoms with E-state index in [2.05, 4.69) is 25.3 Å². The van der Waals surface area contributed by atoms with Crippen LogP contribution >= 0.6 is 11.6 Å². The third-order valence-electron chi connectivity index (χ3n) is 4.70. The lowest BCUT2D eigenvalue weighted by Crippen LogP contribution is -1.97. The maximum absolute atomic E-state index is 11.0. The van der Waals surface area contributed by atoms with Crippen LogP contribution in [-0.2, 0) is 0 Å². The van der Waals surface area contributed by atoms with Crippen LogP contribution in [0.4, 0.5) is 17.2 Å². The van der Waals surface area contributed by atoms with Gasteiger partial charge in [0.2, 0.25) is 0 Å². The van der Waals surface area contributed by atoms with Gasteiger partial charge in [0.15, 0.2) is 0 Å². The molecule has 0 amide bonds. The molecule has 30 heavy (non-hydrogen) atoms. The molecule has 2 aromatic heterocycles. The summed E-state index contributed by atoms with van der Waals surface area (Å²) in [4.78, 5) is 26.9. The molecule has 0 aliphatic heterocycles. The highest BCUT2D eigenvalue weighted by Gasteiger charge is 2.13. The number of aromatic amines is 1. The first kappa shape index (κ1) is 18.0. The standard InChI is InChI=1S/C21H13ClN6O2/c22-16-8-5-12(9-15(16)21-26-17-3-1-2-4-18(17)27-21)25-20-14-7-6-13(28(29)30)10-19(14)23-11-24-20/h1-11H,(H,26,27)(H,23,24,25). The van der Waals surface area contributed by atoms with Gasteiger partial charge in [0.05, 0.1) is 26.5 Å². The van der Waals surface area contributed by atoms with Crippen LogP contribution in [-0.4, -0.2) is 24.9 Å². The lowest BCUT2D eigenvalue weighted by Gasteiger charge is -2.10. The molecule has 0 spiro atoms. The van der Waals surface area contributed by atoms with Crippen molar-refractivity contribution in [3.63, 3.8) is 0 Å². The number of nitro benzene ring substituents is 1. The minimum Gasteiger partial charge on any atom is -0.340 e. The number of non-ortho nitro benzene ring substituents is 1. The summed E-state index contributed by atoms with van der Waals surface area (Å²) >= 11 is 6.43. The number of hydrogen-bond donors (Lipinski definition) is 2. The van der Waals surface area contributed by atoms with Gasteiger partial charge in [-0.25, -0.2) is 15.0 Å². The Morgan fingerprint density at radius 3 is 2.70 bits per heavy atom. The Morgan fingerprint density at radius 2 is 1.87 bits per heavy atom. The quantitative estimate of drug-likeness (QED) is 0.296. The SMILES string of the molecule is O=[N+]([O-])c1ccc2c(Nc3ccc(Cl)c(-c4nc5ccccc5[nH]4)c3)ncnc2c1. The Hall–Kier alpha value is -4.04. The van der Waals surface area contributed by atoms with Gasteiger partial charge in [-0.1, -0.05) is 23.7 Å². The van der Waals surface area contributed by atoms with Gasteiger partial charge in [0, 0.05) is 28.8 Å². The van der Waals surface area contributed by atoms with E-state index in [1.165, 1.54) is 18.5 Å². The van der Waals surface area contributed by atoms with Crippen molar-refractivity contribution in [1.82, 2.24) is 19.9 Å². The third kappa shape index (κ3) is 3.19. The first-order valence-electron chi connectivity index (χ1n) is 8.99. The summed E-state index contributed by atoms with van der Waals surface area (Å²) in [5.41, 5.74) is 3.72. The van der Waals surface area contributed by atoms with Crippen LogP contribution < -0.4 is 5.32 Å². The Morgan fingerprint density at radius 1 is 1.00 bits per heavy atom. The minimum atomic E-state index is -0.451. The van der Waals surface area contributed by atoms with Gasteiger partial charge in [-0.05, 0) is 36.4 Å². The Labute approximate surface area is 174 Å². The van der Waals surface area contributed by atoms with Crippen molar-refractivity contribution in [2.45, 2.75) is 0 Å². The second-order valence-corrected chi connectivity index (χ2v) is 7.01. The summed E-state index contributed by atoms with van der Waals surface area (Å²) in [7, 11) is 0. The minimum absolute atomic E-state index is 0.0224. The van der Waals surface area contributed by atoms with Crippen LogP contribution in [0.3, 0.4) is 0 Å². The van der Waals surface area contributed by atoms with Crippen LogP contribution in [0.1, 0.15) is 0 Å². The summed E-state index contributed by atoms with van der Waals surface area (Å²) in [5.74, 6) is 1.20. The maximum atomic E-state index is 11.0. The molecule has 146 valence electrons. The van der Waals surface area contributed by atoms with E-state index >= 15 is 0 Å². The van der Waals surface area contributed by atoms with E-state index in [0.29, 0.717) is 27.6 Å². The lowest BCUT2D eigenvalue weighted by atomic mass is 10.1. The van der Waals surface area contributed by atoms with Gasteiger partial charge in [-0.2, -0.15) is 0 Å². The average molecular weight is 417 g/mol. The normalized spacial score (nSPS) is 11.1. The van der Waals surface area contributed by atoms with Crippen LogP contribution in [0.5, 0.6) is 0 Å². The molecule has 0 fully saturated rings. The topological polar surface area (TPSA) is 110 Å². The summed E-state index contributed by atoms with van der Waals surface area (Å²) in [6.07, 6.45) is 1.37. The van der Waals surface area contributed by atoms with Crippen molar-refractivity contribution in [3.05, 3.63) is 82.1 Å². The van der Waals surface area contributed by atoms with Crippen molar-refractivity contribution < 1.29 is 4.92 Å². The average Bonchev–Trinajstić information content (AvgIpc) is 3.19. The number of anilines is 2. The Balaban J connectivity index is 1.54. The predicted molar refractivity (Wildman–Crippen MR) is 116 cm³/mol. The molecule has 0 aliphatic carbocycles. The van der Waals surface area contributed by atoms with Crippen LogP contribution in [0.2, 0.25) is 5.02 Å². The Bertz CT molecular complexity index is 1400. The number of nitrogens with zero attached hydrogens (tertiary/aromatic N) is 4. The zero-order chi connectivity index (χ0) is 20.7. The van der Waals surface area contributed by atoms with Gasteiger partial charge >= 0.3 is 0 Å². The van der Waals surface area contributed by atoms with Gasteiger partial charge in [-0.3, -0.25) is 10.1 Å². The molecule has 0 aliphatic rings. The molecule has 0 bridgehead atoms. The number of fused-ring (bicyclic) bond motifs is 2. The molecule has 3 aromatic carbocycles. The number of imidazole rings is 1. The third-order valence-corrected chi connectivity index (χ3v) is 5.03. The summed E-state index contributed by atoms with van der Waals surface area (Å²) in [6, 6.07) is 17.7. The molecular weight excluding hydrogens is 404 g/mol. The molecule has 5 rings (SSSR count). The second-order valence-electron chi connectivity index (χ2n) is 6.60. The molecule has 9 heteroatoms. The van der Waals surface area contributed by atoms with Crippen LogP contribution in [0.15, 0.2) is 67.0 Å².